The lowest BCUT2D eigenvalue weighted by Gasteiger charge is -2.04. The number of aryl methyl sites for hydroxylation is 1. The number of aliphatic carboxylic acids is 1. The molecule has 0 spiro atoms. The molecular weight excluding hydrogens is 254 g/mol. The van der Waals surface area contributed by atoms with Crippen molar-refractivity contribution < 1.29 is 14.3 Å². The average molecular weight is 264 g/mol. The first-order valence-corrected chi connectivity index (χ1v) is 6.06. The maximum Gasteiger partial charge on any atom is 0.213 e. The highest BCUT2D eigenvalue weighted by atomic mass is 32.2. The highest BCUT2D eigenvalue weighted by Crippen LogP contribution is 2.25. The molecule has 0 amide bonds. The molecule has 18 heavy (non-hydrogen) atoms. The van der Waals surface area contributed by atoms with Gasteiger partial charge in [0.15, 0.2) is 0 Å². The van der Waals surface area contributed by atoms with E-state index < -0.39 is 5.97 Å². The number of nitrogens with one attached hydrogen (secondary N) is 1. The van der Waals surface area contributed by atoms with Gasteiger partial charge in [0.25, 0.3) is 0 Å². The molecule has 2 heterocycles. The Kier molecular flexibility index (Phi) is 3.83. The predicted molar refractivity (Wildman–Crippen MR) is 63.3 cm³/mol. The zero-order chi connectivity index (χ0) is 13.0. The molecule has 0 unspecified atom stereocenters. The summed E-state index contributed by atoms with van der Waals surface area (Å²) in [6.07, 6.45) is 3.55. The Labute approximate surface area is 107 Å². The molecule has 0 saturated carbocycles. The monoisotopic (exact) mass is 264 g/mol. The Morgan fingerprint density at radius 1 is 1.67 bits per heavy atom. The molecule has 0 fully saturated rings. The zero-order valence-electron chi connectivity index (χ0n) is 9.54. The van der Waals surface area contributed by atoms with Gasteiger partial charge in [-0.05, 0) is 30.0 Å². The van der Waals surface area contributed by atoms with Crippen LogP contribution in [-0.2, 0) is 11.2 Å². The number of hydrogen-bond donors (Lipinski definition) is 1. The van der Waals surface area contributed by atoms with Gasteiger partial charge in [0, 0.05) is 11.3 Å². The third kappa shape index (κ3) is 3.01. The number of thioether (sulfide) groups is 1. The van der Waals surface area contributed by atoms with Crippen LogP contribution in [0.1, 0.15) is 18.5 Å². The number of H-pyrrole nitrogens is 1. The van der Waals surface area contributed by atoms with Crippen molar-refractivity contribution in [3.8, 4) is 0 Å². The normalized spacial score (nSPS) is 11.7. The van der Waals surface area contributed by atoms with Gasteiger partial charge in [-0.3, -0.25) is 5.10 Å². The van der Waals surface area contributed by atoms with Crippen LogP contribution >= 0.6 is 11.8 Å². The minimum atomic E-state index is -1.29. The number of nitrogens with zero attached hydrogens (tertiary/aromatic N) is 2. The topological polar surface area (TPSA) is 94.8 Å². The molecule has 0 aromatic carbocycles. The summed E-state index contributed by atoms with van der Waals surface area (Å²) in [5, 5.41) is 18.0. The minimum Gasteiger partial charge on any atom is -0.544 e. The van der Waals surface area contributed by atoms with E-state index in [1.165, 1.54) is 12.3 Å². The van der Waals surface area contributed by atoms with Crippen LogP contribution in [0.5, 0.6) is 0 Å². The summed E-state index contributed by atoms with van der Waals surface area (Å²) in [6.45, 7) is 1.92. The summed E-state index contributed by atoms with van der Waals surface area (Å²) in [6, 6.07) is 3.32. The minimum absolute atomic E-state index is 0.00777. The van der Waals surface area contributed by atoms with Gasteiger partial charge >= 0.3 is 0 Å². The van der Waals surface area contributed by atoms with E-state index in [9.17, 15) is 9.90 Å². The fourth-order valence-corrected chi connectivity index (χ4v) is 1.91. The molecule has 1 N–H and O–H groups in total. The Bertz CT molecular complexity index is 560. The van der Waals surface area contributed by atoms with Crippen LogP contribution in [0.4, 0.5) is 0 Å². The van der Waals surface area contributed by atoms with Crippen LogP contribution < -0.4 is 5.11 Å². The van der Waals surface area contributed by atoms with Gasteiger partial charge in [0.2, 0.25) is 5.16 Å². The number of carboxylic acids is 1. The Morgan fingerprint density at radius 2 is 2.50 bits per heavy atom. The first-order valence-electron chi connectivity index (χ1n) is 5.24. The molecule has 2 aromatic heterocycles. The number of aromatic amines is 1. The standard InChI is InChI=1S/C11H11N3O3S/c1-2-9-12-11(14-13-9)18-8(10(15)16)6-7-4-3-5-17-7/h3-6H,2H2,1H3,(H,15,16)(H,12,13,14)/p-1/b8-6+. The van der Waals surface area contributed by atoms with Crippen LogP contribution in [0.2, 0.25) is 0 Å². The molecule has 94 valence electrons. The van der Waals surface area contributed by atoms with Crippen molar-refractivity contribution >= 4 is 23.8 Å². The third-order valence-corrected chi connectivity index (χ3v) is 2.93. The second-order valence-electron chi connectivity index (χ2n) is 3.33. The highest BCUT2D eigenvalue weighted by molar-refractivity contribution is 8.04. The van der Waals surface area contributed by atoms with Crippen molar-refractivity contribution in [2.75, 3.05) is 0 Å². The van der Waals surface area contributed by atoms with Crippen LogP contribution in [0, 0.1) is 0 Å². The van der Waals surface area contributed by atoms with E-state index in [1.807, 2.05) is 6.92 Å². The molecule has 0 aliphatic carbocycles. The second-order valence-corrected chi connectivity index (χ2v) is 4.34. The van der Waals surface area contributed by atoms with Crippen molar-refractivity contribution in [1.82, 2.24) is 15.2 Å². The van der Waals surface area contributed by atoms with Gasteiger partial charge in [0.1, 0.15) is 11.6 Å². The summed E-state index contributed by atoms with van der Waals surface area (Å²) in [4.78, 5) is 15.1. The quantitative estimate of drug-likeness (QED) is 0.635. The number of hydrogen-bond acceptors (Lipinski definition) is 6. The molecule has 0 radical (unpaired) electrons. The summed E-state index contributed by atoms with van der Waals surface area (Å²) >= 11 is 0.917. The summed E-state index contributed by atoms with van der Waals surface area (Å²) in [5.74, 6) is -0.152. The van der Waals surface area contributed by atoms with Crippen molar-refractivity contribution in [3.05, 3.63) is 34.9 Å². The first kappa shape index (κ1) is 12.4. The number of carboxylic acid groups (broad SMARTS) is 1. The number of rotatable bonds is 5. The van der Waals surface area contributed by atoms with Gasteiger partial charge < -0.3 is 14.3 Å². The SMILES string of the molecule is CCc1nc(S/C(=C/c2ccco2)C(=O)[O-])n[nH]1. The summed E-state index contributed by atoms with van der Waals surface area (Å²) in [7, 11) is 0. The Morgan fingerprint density at radius 3 is 3.06 bits per heavy atom. The third-order valence-electron chi connectivity index (χ3n) is 2.07. The Balaban J connectivity index is 2.19. The maximum atomic E-state index is 11.0. The van der Waals surface area contributed by atoms with E-state index in [4.69, 9.17) is 4.42 Å². The van der Waals surface area contributed by atoms with E-state index >= 15 is 0 Å². The fourth-order valence-electron chi connectivity index (χ4n) is 1.21. The van der Waals surface area contributed by atoms with E-state index in [0.717, 1.165) is 11.8 Å². The largest absolute Gasteiger partial charge is 0.544 e. The highest BCUT2D eigenvalue weighted by Gasteiger charge is 2.08. The number of aromatic nitrogens is 3. The molecule has 2 rings (SSSR count). The number of furan rings is 1. The molecular formula is C11H10N3O3S-. The van der Waals surface area contributed by atoms with Crippen molar-refractivity contribution in [3.63, 3.8) is 0 Å². The van der Waals surface area contributed by atoms with E-state index in [2.05, 4.69) is 15.2 Å². The first-order chi connectivity index (χ1) is 8.69. The molecule has 6 nitrogen and oxygen atoms in total. The van der Waals surface area contributed by atoms with E-state index in [1.54, 1.807) is 12.1 Å². The lowest BCUT2D eigenvalue weighted by molar-refractivity contribution is -0.298. The Hall–Kier alpha value is -2.02. The second kappa shape index (κ2) is 5.54. The molecule has 0 saturated heterocycles. The summed E-state index contributed by atoms with van der Waals surface area (Å²) < 4.78 is 5.05. The smallest absolute Gasteiger partial charge is 0.213 e. The fraction of sp³-hybridized carbons (Fsp3) is 0.182. The number of carbonyl (C=O) groups excluding carboxylic acids is 1. The van der Waals surface area contributed by atoms with Crippen LogP contribution in [0.15, 0.2) is 32.9 Å². The van der Waals surface area contributed by atoms with Crippen LogP contribution in [-0.4, -0.2) is 21.2 Å². The molecule has 0 aliphatic heterocycles. The molecule has 0 bridgehead atoms. The zero-order valence-corrected chi connectivity index (χ0v) is 10.4. The molecule has 0 atom stereocenters. The average Bonchev–Trinajstić information content (AvgIpc) is 2.99. The predicted octanol–water partition coefficient (Wildman–Crippen LogP) is 0.843. The maximum absolute atomic E-state index is 11.0. The van der Waals surface area contributed by atoms with Gasteiger partial charge in [-0.25, -0.2) is 4.98 Å². The number of carbonyl (C=O) groups is 1. The van der Waals surface area contributed by atoms with E-state index in [0.29, 0.717) is 23.2 Å². The van der Waals surface area contributed by atoms with Crippen LogP contribution in [0.3, 0.4) is 0 Å². The van der Waals surface area contributed by atoms with Crippen molar-refractivity contribution in [1.29, 1.82) is 0 Å². The van der Waals surface area contributed by atoms with Gasteiger partial charge in [-0.15, -0.1) is 5.10 Å². The lowest BCUT2D eigenvalue weighted by atomic mass is 10.4. The van der Waals surface area contributed by atoms with Gasteiger partial charge in [0.05, 0.1) is 12.2 Å². The van der Waals surface area contributed by atoms with E-state index in [-0.39, 0.29) is 4.91 Å². The van der Waals surface area contributed by atoms with Crippen molar-refractivity contribution in [2.45, 2.75) is 18.5 Å². The van der Waals surface area contributed by atoms with Crippen molar-refractivity contribution in [2.24, 2.45) is 0 Å². The molecule has 0 aliphatic rings. The molecule has 2 aromatic rings. The summed E-state index contributed by atoms with van der Waals surface area (Å²) in [5.41, 5.74) is 0. The lowest BCUT2D eigenvalue weighted by Crippen LogP contribution is -2.23. The van der Waals surface area contributed by atoms with Crippen LogP contribution in [0.25, 0.3) is 6.08 Å². The molecule has 7 heteroatoms. The van der Waals surface area contributed by atoms with Gasteiger partial charge in [-0.1, -0.05) is 6.92 Å². The van der Waals surface area contributed by atoms with Gasteiger partial charge in [-0.2, -0.15) is 0 Å².